The number of rotatable bonds is 8. The molecule has 0 saturated carbocycles. The molecule has 0 aliphatic heterocycles. The van der Waals surface area contributed by atoms with Gasteiger partial charge in [-0.3, -0.25) is 4.79 Å². The second kappa shape index (κ2) is 9.13. The first-order chi connectivity index (χ1) is 13.9. The molecule has 29 heavy (non-hydrogen) atoms. The minimum atomic E-state index is -4.00. The Hall–Kier alpha value is -2.81. The van der Waals surface area contributed by atoms with Gasteiger partial charge < -0.3 is 9.05 Å². The van der Waals surface area contributed by atoms with Gasteiger partial charge in [0, 0.05) is 10.6 Å². The van der Waals surface area contributed by atoms with Crippen molar-refractivity contribution in [2.45, 2.75) is 12.6 Å². The molecule has 0 amide bonds. The van der Waals surface area contributed by atoms with Crippen LogP contribution in [0.1, 0.15) is 18.1 Å². The summed E-state index contributed by atoms with van der Waals surface area (Å²) in [4.78, 5) is 12.2. The Morgan fingerprint density at radius 2 is 1.41 bits per heavy atom. The molecular formula is C23H20ClO4P. The summed E-state index contributed by atoms with van der Waals surface area (Å²) in [5.74, 6) is 0.397. The molecule has 0 spiro atoms. The minimum Gasteiger partial charge on any atom is -0.415 e. The van der Waals surface area contributed by atoms with Crippen LogP contribution in [0.15, 0.2) is 97.1 Å². The van der Waals surface area contributed by atoms with Gasteiger partial charge in [0.2, 0.25) is 0 Å². The average molecular weight is 427 g/mol. The zero-order valence-corrected chi connectivity index (χ0v) is 17.5. The molecule has 0 heterocycles. The Bertz CT molecular complexity index is 1010. The van der Waals surface area contributed by atoms with Crippen molar-refractivity contribution in [3.63, 3.8) is 0 Å². The van der Waals surface area contributed by atoms with Crippen molar-refractivity contribution in [2.75, 3.05) is 0 Å². The number of hydrogen-bond donors (Lipinski definition) is 0. The van der Waals surface area contributed by atoms with Crippen LogP contribution in [0.2, 0.25) is 5.02 Å². The van der Waals surface area contributed by atoms with Crippen molar-refractivity contribution in [2.24, 2.45) is 0 Å². The number of carbonyl (C=O) groups is 1. The van der Waals surface area contributed by atoms with Gasteiger partial charge in [-0.15, -0.1) is 0 Å². The van der Waals surface area contributed by atoms with Crippen LogP contribution in [0.5, 0.6) is 11.5 Å². The van der Waals surface area contributed by atoms with E-state index in [0.29, 0.717) is 22.1 Å². The van der Waals surface area contributed by atoms with Crippen LogP contribution < -0.4 is 9.05 Å². The monoisotopic (exact) mass is 426 g/mol. The summed E-state index contributed by atoms with van der Waals surface area (Å²) >= 11 is 6.16. The van der Waals surface area contributed by atoms with E-state index >= 15 is 0 Å². The van der Waals surface area contributed by atoms with E-state index in [-0.39, 0.29) is 11.4 Å². The van der Waals surface area contributed by atoms with Crippen molar-refractivity contribution in [3.05, 3.63) is 108 Å². The highest BCUT2D eigenvalue weighted by Gasteiger charge is 2.43. The maximum absolute atomic E-state index is 14.2. The molecule has 0 saturated heterocycles. The summed E-state index contributed by atoms with van der Waals surface area (Å²) in [7, 11) is -4.00. The second-order valence-corrected chi connectivity index (χ2v) is 8.79. The standard InChI is InChI=1S/C23H20ClO4P/c1-17(18(2)25)23(19-10-9-11-20(24)16-19)29(26,27-21-12-5-3-6-13-21)28-22-14-7-4-8-15-22/h3-16,23H,1H2,2H3. The first kappa shape index (κ1) is 20.9. The van der Waals surface area contributed by atoms with Crippen LogP contribution >= 0.6 is 19.2 Å². The van der Waals surface area contributed by atoms with E-state index in [9.17, 15) is 9.36 Å². The van der Waals surface area contributed by atoms with E-state index in [4.69, 9.17) is 20.6 Å². The van der Waals surface area contributed by atoms with Gasteiger partial charge in [-0.05, 0) is 48.9 Å². The van der Waals surface area contributed by atoms with Gasteiger partial charge in [0.15, 0.2) is 5.78 Å². The Kier molecular flexibility index (Phi) is 6.58. The normalized spacial score (nSPS) is 12.1. The van der Waals surface area contributed by atoms with Crippen LogP contribution in [0.25, 0.3) is 0 Å². The smallest absolute Gasteiger partial charge is 0.415 e. The fourth-order valence-corrected chi connectivity index (χ4v) is 5.19. The number of hydrogen-bond acceptors (Lipinski definition) is 4. The van der Waals surface area contributed by atoms with Crippen LogP contribution in [0.3, 0.4) is 0 Å². The predicted octanol–water partition coefficient (Wildman–Crippen LogP) is 6.88. The van der Waals surface area contributed by atoms with E-state index in [1.165, 1.54) is 6.92 Å². The summed E-state index contributed by atoms with van der Waals surface area (Å²) in [5.41, 5.74) is -0.394. The molecule has 3 rings (SSSR count). The highest BCUT2D eigenvalue weighted by molar-refractivity contribution is 7.55. The Morgan fingerprint density at radius 1 is 0.897 bits per heavy atom. The minimum absolute atomic E-state index is 0.113. The first-order valence-corrected chi connectivity index (χ1v) is 10.9. The second-order valence-electron chi connectivity index (χ2n) is 6.39. The predicted molar refractivity (Wildman–Crippen MR) is 116 cm³/mol. The summed E-state index contributed by atoms with van der Waals surface area (Å²) < 4.78 is 26.0. The average Bonchev–Trinajstić information content (AvgIpc) is 2.69. The number of halogens is 1. The molecule has 1 atom stereocenters. The van der Waals surface area contributed by atoms with Gasteiger partial charge >= 0.3 is 7.60 Å². The SMILES string of the molecule is C=C(C(C)=O)C(c1cccc(Cl)c1)P(=O)(Oc1ccccc1)Oc1ccccc1. The van der Waals surface area contributed by atoms with Crippen molar-refractivity contribution in [3.8, 4) is 11.5 Å². The fraction of sp³-hybridized carbons (Fsp3) is 0.0870. The first-order valence-electron chi connectivity index (χ1n) is 8.93. The van der Waals surface area contributed by atoms with Crippen molar-refractivity contribution < 1.29 is 18.4 Å². The quantitative estimate of drug-likeness (QED) is 0.291. The maximum Gasteiger partial charge on any atom is 0.442 e. The lowest BCUT2D eigenvalue weighted by Gasteiger charge is -2.28. The Morgan fingerprint density at radius 3 is 1.86 bits per heavy atom. The number of benzene rings is 3. The van der Waals surface area contributed by atoms with E-state index in [2.05, 4.69) is 6.58 Å². The van der Waals surface area contributed by atoms with Crippen molar-refractivity contribution in [1.82, 2.24) is 0 Å². The molecule has 0 radical (unpaired) electrons. The molecule has 3 aromatic carbocycles. The van der Waals surface area contributed by atoms with Crippen LogP contribution in [0, 0.1) is 0 Å². The number of ketones is 1. The molecule has 3 aromatic rings. The number of Topliss-reactive ketones (excluding diaryl/α,β-unsaturated/α-hetero) is 1. The third kappa shape index (κ3) is 5.17. The van der Waals surface area contributed by atoms with E-state index in [1.807, 2.05) is 12.1 Å². The van der Waals surface area contributed by atoms with E-state index < -0.39 is 13.3 Å². The van der Waals surface area contributed by atoms with Gasteiger partial charge in [0.05, 0.1) is 0 Å². The molecule has 4 nitrogen and oxygen atoms in total. The van der Waals surface area contributed by atoms with Gasteiger partial charge in [-0.2, -0.15) is 0 Å². The third-order valence-corrected chi connectivity index (χ3v) is 6.62. The zero-order valence-electron chi connectivity index (χ0n) is 15.8. The molecular weight excluding hydrogens is 407 g/mol. The van der Waals surface area contributed by atoms with Gasteiger partial charge in [0.25, 0.3) is 0 Å². The topological polar surface area (TPSA) is 52.6 Å². The Balaban J connectivity index is 2.14. The number of para-hydroxylation sites is 2. The van der Waals surface area contributed by atoms with E-state index in [1.54, 1.807) is 72.8 Å². The summed E-state index contributed by atoms with van der Waals surface area (Å²) in [6.07, 6.45) is 0. The lowest BCUT2D eigenvalue weighted by Crippen LogP contribution is -2.16. The van der Waals surface area contributed by atoms with Gasteiger partial charge in [-0.25, -0.2) is 4.57 Å². The summed E-state index contributed by atoms with van der Waals surface area (Å²) in [6.45, 7) is 5.26. The lowest BCUT2D eigenvalue weighted by atomic mass is 10.0. The molecule has 0 fully saturated rings. The molecule has 0 aromatic heterocycles. The highest BCUT2D eigenvalue weighted by atomic mass is 35.5. The molecule has 0 N–H and O–H groups in total. The summed E-state index contributed by atoms with van der Waals surface area (Å²) in [5, 5.41) is 0.440. The van der Waals surface area contributed by atoms with Crippen LogP contribution in [-0.4, -0.2) is 5.78 Å². The maximum atomic E-state index is 14.2. The summed E-state index contributed by atoms with van der Waals surface area (Å²) in [6, 6.07) is 24.1. The van der Waals surface area contributed by atoms with Crippen LogP contribution in [0.4, 0.5) is 0 Å². The number of allylic oxidation sites excluding steroid dienone is 1. The molecule has 0 aliphatic rings. The molecule has 0 aliphatic carbocycles. The molecule has 0 bridgehead atoms. The molecule has 148 valence electrons. The molecule has 1 unspecified atom stereocenters. The third-order valence-electron chi connectivity index (χ3n) is 4.21. The van der Waals surface area contributed by atoms with Gasteiger partial charge in [0.1, 0.15) is 17.2 Å². The fourth-order valence-electron chi connectivity index (χ4n) is 2.82. The van der Waals surface area contributed by atoms with Gasteiger partial charge in [-0.1, -0.05) is 66.7 Å². The van der Waals surface area contributed by atoms with Crippen LogP contribution in [-0.2, 0) is 9.36 Å². The lowest BCUT2D eigenvalue weighted by molar-refractivity contribution is -0.113. The van der Waals surface area contributed by atoms with E-state index in [0.717, 1.165) is 0 Å². The Labute approximate surface area is 175 Å². The zero-order chi connectivity index (χ0) is 20.9. The van der Waals surface area contributed by atoms with Crippen molar-refractivity contribution in [1.29, 1.82) is 0 Å². The number of carbonyl (C=O) groups excluding carboxylic acids is 1. The molecule has 6 heteroatoms. The van der Waals surface area contributed by atoms with Crippen molar-refractivity contribution >= 4 is 25.0 Å². The highest BCUT2D eigenvalue weighted by Crippen LogP contribution is 2.62. The largest absolute Gasteiger partial charge is 0.442 e.